The Morgan fingerprint density at radius 2 is 1.87 bits per heavy atom. The number of hydrogen-bond acceptors (Lipinski definition) is 6. The average molecular weight is 412 g/mol. The Hall–Kier alpha value is -3.43. The van der Waals surface area contributed by atoms with Gasteiger partial charge in [0.1, 0.15) is 5.76 Å². The summed E-state index contributed by atoms with van der Waals surface area (Å²) in [4.78, 5) is 21.8. The highest BCUT2D eigenvalue weighted by molar-refractivity contribution is 5.80. The first-order chi connectivity index (χ1) is 15.1. The van der Waals surface area contributed by atoms with E-state index in [4.69, 9.17) is 9.68 Å². The molecule has 156 valence electrons. The third kappa shape index (κ3) is 3.85. The largest absolute Gasteiger partial charge is 0.423 e. The van der Waals surface area contributed by atoms with Crippen molar-refractivity contribution in [1.29, 1.82) is 5.26 Å². The zero-order valence-corrected chi connectivity index (χ0v) is 17.5. The maximum absolute atomic E-state index is 12.4. The number of aryl methyl sites for hydroxylation is 1. The van der Waals surface area contributed by atoms with E-state index >= 15 is 0 Å². The summed E-state index contributed by atoms with van der Waals surface area (Å²) in [5, 5.41) is 9.51. The molecule has 6 nitrogen and oxygen atoms in total. The van der Waals surface area contributed by atoms with Gasteiger partial charge in [-0.3, -0.25) is 9.88 Å². The lowest BCUT2D eigenvalue weighted by Crippen LogP contribution is -2.49. The molecule has 1 aliphatic heterocycles. The maximum atomic E-state index is 12.4. The van der Waals surface area contributed by atoms with Crippen molar-refractivity contribution in [2.45, 2.75) is 25.8 Å². The number of hydrogen-bond donors (Lipinski definition) is 0. The molecule has 3 heterocycles. The van der Waals surface area contributed by atoms with Gasteiger partial charge in [0.15, 0.2) is 0 Å². The fraction of sp³-hybridized carbons (Fsp3) is 0.320. The molecule has 1 unspecified atom stereocenters. The number of piperazine rings is 1. The van der Waals surface area contributed by atoms with Crippen molar-refractivity contribution in [1.82, 2.24) is 9.88 Å². The van der Waals surface area contributed by atoms with E-state index in [1.165, 1.54) is 5.69 Å². The van der Waals surface area contributed by atoms with E-state index in [1.54, 1.807) is 6.07 Å². The third-order valence-electron chi connectivity index (χ3n) is 6.32. The van der Waals surface area contributed by atoms with Crippen molar-refractivity contribution in [3.63, 3.8) is 0 Å². The standard InChI is InChI=1S/C25H24N4O2/c1-17-2-9-22-23(27-17)15-24(31-25(22)30)19-5-8-21(14-19)29-12-10-28(11-13-29)20-6-3-18(16-26)4-7-20/h2-4,6-7,9,14-15,21H,5,8,10-13H2,1H3. The van der Waals surface area contributed by atoms with E-state index in [1.807, 2.05) is 43.3 Å². The van der Waals surface area contributed by atoms with Crippen LogP contribution in [-0.2, 0) is 0 Å². The second kappa shape index (κ2) is 8.01. The van der Waals surface area contributed by atoms with E-state index < -0.39 is 0 Å². The monoisotopic (exact) mass is 412 g/mol. The lowest BCUT2D eigenvalue weighted by Gasteiger charge is -2.38. The molecule has 1 fully saturated rings. The molecule has 2 aromatic heterocycles. The van der Waals surface area contributed by atoms with Crippen LogP contribution in [0.5, 0.6) is 0 Å². The van der Waals surface area contributed by atoms with Crippen molar-refractivity contribution in [3.8, 4) is 6.07 Å². The zero-order chi connectivity index (χ0) is 21.4. The maximum Gasteiger partial charge on any atom is 0.345 e. The second-order valence-corrected chi connectivity index (χ2v) is 8.26. The first-order valence-electron chi connectivity index (χ1n) is 10.7. The van der Waals surface area contributed by atoms with Gasteiger partial charge in [-0.05, 0) is 61.7 Å². The normalized spacial score (nSPS) is 19.4. The van der Waals surface area contributed by atoms with Crippen LogP contribution in [0.4, 0.5) is 5.69 Å². The van der Waals surface area contributed by atoms with Crippen molar-refractivity contribution >= 4 is 22.2 Å². The molecule has 2 aliphatic rings. The number of nitriles is 1. The topological polar surface area (TPSA) is 73.4 Å². The van der Waals surface area contributed by atoms with E-state index in [0.29, 0.717) is 28.3 Å². The number of aromatic nitrogens is 1. The lowest BCUT2D eigenvalue weighted by molar-refractivity contribution is 0.214. The zero-order valence-electron chi connectivity index (χ0n) is 17.5. The highest BCUT2D eigenvalue weighted by Crippen LogP contribution is 2.32. The summed E-state index contributed by atoms with van der Waals surface area (Å²) in [6.45, 7) is 5.81. The molecule has 0 bridgehead atoms. The van der Waals surface area contributed by atoms with Gasteiger partial charge in [0.2, 0.25) is 0 Å². The highest BCUT2D eigenvalue weighted by Gasteiger charge is 2.27. The van der Waals surface area contributed by atoms with Crippen molar-refractivity contribution in [2.75, 3.05) is 31.1 Å². The molecule has 3 aromatic rings. The fourth-order valence-corrected chi connectivity index (χ4v) is 4.58. The first kappa shape index (κ1) is 19.5. The van der Waals surface area contributed by atoms with Crippen molar-refractivity contribution < 1.29 is 4.42 Å². The van der Waals surface area contributed by atoms with Gasteiger partial charge < -0.3 is 9.32 Å². The fourth-order valence-electron chi connectivity index (χ4n) is 4.58. The third-order valence-corrected chi connectivity index (χ3v) is 6.32. The Morgan fingerprint density at radius 1 is 1.10 bits per heavy atom. The molecule has 1 aliphatic carbocycles. The van der Waals surface area contributed by atoms with Crippen molar-refractivity contribution in [2.24, 2.45) is 0 Å². The number of allylic oxidation sites excluding steroid dienone is 1. The quantitative estimate of drug-likeness (QED) is 0.653. The van der Waals surface area contributed by atoms with Crippen LogP contribution < -0.4 is 10.5 Å². The summed E-state index contributed by atoms with van der Waals surface area (Å²) in [5.74, 6) is 0.648. The molecular formula is C25H24N4O2. The molecule has 0 amide bonds. The molecule has 1 atom stereocenters. The molecule has 0 spiro atoms. The number of fused-ring (bicyclic) bond motifs is 1. The Bertz CT molecular complexity index is 1250. The molecule has 1 aromatic carbocycles. The number of benzene rings is 1. The van der Waals surface area contributed by atoms with Crippen LogP contribution >= 0.6 is 0 Å². The van der Waals surface area contributed by atoms with Crippen LogP contribution in [-0.4, -0.2) is 42.1 Å². The van der Waals surface area contributed by atoms with Crippen molar-refractivity contribution in [3.05, 3.63) is 76.0 Å². The summed E-state index contributed by atoms with van der Waals surface area (Å²) in [7, 11) is 0. The predicted octanol–water partition coefficient (Wildman–Crippen LogP) is 3.74. The summed E-state index contributed by atoms with van der Waals surface area (Å²) in [6.07, 6.45) is 4.20. The number of anilines is 1. The van der Waals surface area contributed by atoms with E-state index in [9.17, 15) is 4.79 Å². The van der Waals surface area contributed by atoms with Gasteiger partial charge in [-0.2, -0.15) is 5.26 Å². The Balaban J connectivity index is 1.29. The van der Waals surface area contributed by atoms with Gasteiger partial charge in [-0.1, -0.05) is 6.08 Å². The van der Waals surface area contributed by atoms with Gasteiger partial charge in [-0.15, -0.1) is 0 Å². The first-order valence-corrected chi connectivity index (χ1v) is 10.7. The number of pyridine rings is 1. The van der Waals surface area contributed by atoms with E-state index in [0.717, 1.165) is 50.3 Å². The molecule has 0 N–H and O–H groups in total. The molecular weight excluding hydrogens is 388 g/mol. The molecule has 31 heavy (non-hydrogen) atoms. The summed E-state index contributed by atoms with van der Waals surface area (Å²) in [6, 6.07) is 15.9. The minimum atomic E-state index is -0.319. The SMILES string of the molecule is Cc1ccc2c(=O)oc(C3=CC(N4CCN(c5ccc(C#N)cc5)CC4)CC3)cc2n1. The van der Waals surface area contributed by atoms with Crippen LogP contribution in [0.15, 0.2) is 57.8 Å². The number of nitrogens with zero attached hydrogens (tertiary/aromatic N) is 4. The minimum absolute atomic E-state index is 0.319. The minimum Gasteiger partial charge on any atom is -0.423 e. The van der Waals surface area contributed by atoms with Crippen LogP contribution in [0.3, 0.4) is 0 Å². The smallest absolute Gasteiger partial charge is 0.345 e. The molecule has 1 saturated heterocycles. The molecule has 0 radical (unpaired) electrons. The lowest BCUT2D eigenvalue weighted by atomic mass is 10.1. The molecule has 5 rings (SSSR count). The van der Waals surface area contributed by atoms with E-state index in [-0.39, 0.29) is 5.63 Å². The van der Waals surface area contributed by atoms with Gasteiger partial charge in [-0.25, -0.2) is 4.79 Å². The van der Waals surface area contributed by atoms with E-state index in [2.05, 4.69) is 26.9 Å². The summed E-state index contributed by atoms with van der Waals surface area (Å²) in [5.41, 5.74) is 4.23. The van der Waals surface area contributed by atoms with Gasteiger partial charge in [0.05, 0.1) is 22.5 Å². The van der Waals surface area contributed by atoms with Gasteiger partial charge >= 0.3 is 5.63 Å². The Kier molecular flexibility index (Phi) is 5.05. The van der Waals surface area contributed by atoms with Gasteiger partial charge in [0, 0.05) is 49.7 Å². The number of rotatable bonds is 3. The van der Waals surface area contributed by atoms with Crippen LogP contribution in [0.1, 0.15) is 29.9 Å². The van der Waals surface area contributed by atoms with Crippen LogP contribution in [0.25, 0.3) is 16.5 Å². The Labute approximate surface area is 181 Å². The molecule has 6 heteroatoms. The predicted molar refractivity (Wildman–Crippen MR) is 121 cm³/mol. The second-order valence-electron chi connectivity index (χ2n) is 8.26. The van der Waals surface area contributed by atoms with Gasteiger partial charge in [0.25, 0.3) is 0 Å². The Morgan fingerprint density at radius 3 is 2.61 bits per heavy atom. The van der Waals surface area contributed by atoms with Crippen LogP contribution in [0, 0.1) is 18.3 Å². The summed E-state index contributed by atoms with van der Waals surface area (Å²) < 4.78 is 5.63. The highest BCUT2D eigenvalue weighted by atomic mass is 16.4. The molecule has 0 saturated carbocycles. The van der Waals surface area contributed by atoms with Crippen LogP contribution in [0.2, 0.25) is 0 Å². The average Bonchev–Trinajstić information content (AvgIpc) is 3.29. The summed E-state index contributed by atoms with van der Waals surface area (Å²) >= 11 is 0.